The molecule has 0 spiro atoms. The Morgan fingerprint density at radius 2 is 2.10 bits per heavy atom. The van der Waals surface area contributed by atoms with Gasteiger partial charge in [0.05, 0.1) is 0 Å². The van der Waals surface area contributed by atoms with Crippen LogP contribution in [0.2, 0.25) is 0 Å². The molecule has 0 aromatic carbocycles. The van der Waals surface area contributed by atoms with E-state index in [-0.39, 0.29) is 6.03 Å². The van der Waals surface area contributed by atoms with Crippen LogP contribution in [-0.4, -0.2) is 24.0 Å². The first-order valence-electron chi connectivity index (χ1n) is 3.42. The first-order valence-corrected chi connectivity index (χ1v) is 3.42. The highest BCUT2D eigenvalue weighted by atomic mass is 16.2. The van der Waals surface area contributed by atoms with Crippen molar-refractivity contribution in [1.29, 1.82) is 0 Å². The predicted molar refractivity (Wildman–Crippen MR) is 41.6 cm³/mol. The van der Waals surface area contributed by atoms with Crippen LogP contribution >= 0.6 is 0 Å². The van der Waals surface area contributed by atoms with Crippen LogP contribution in [0.3, 0.4) is 0 Å². The van der Waals surface area contributed by atoms with Gasteiger partial charge >= 0.3 is 6.03 Å². The molecule has 58 valence electrons. The Morgan fingerprint density at radius 1 is 1.60 bits per heavy atom. The van der Waals surface area contributed by atoms with Gasteiger partial charge in [-0.3, -0.25) is 0 Å². The molecule has 0 radical (unpaired) electrons. The summed E-state index contributed by atoms with van der Waals surface area (Å²) in [7, 11) is 0. The molecule has 0 aromatic heterocycles. The Balaban J connectivity index is 3.76. The van der Waals surface area contributed by atoms with E-state index in [4.69, 9.17) is 0 Å². The van der Waals surface area contributed by atoms with Crippen LogP contribution in [0.15, 0.2) is 12.8 Å². The number of hydrogen-bond acceptors (Lipinski definition) is 1. The SMILES string of the molecule is C=CNC(=O)N(CC)CC. The fraction of sp³-hybridized carbons (Fsp3) is 0.571. The van der Waals surface area contributed by atoms with Gasteiger partial charge in [-0.05, 0) is 20.0 Å². The average Bonchev–Trinajstić information content (AvgIpc) is 1.91. The third-order valence-electron chi connectivity index (χ3n) is 1.28. The van der Waals surface area contributed by atoms with E-state index >= 15 is 0 Å². The zero-order valence-electron chi connectivity index (χ0n) is 6.55. The van der Waals surface area contributed by atoms with Crippen molar-refractivity contribution in [3.8, 4) is 0 Å². The second-order valence-corrected chi connectivity index (χ2v) is 1.83. The lowest BCUT2D eigenvalue weighted by atomic mass is 10.5. The molecule has 0 aliphatic carbocycles. The Morgan fingerprint density at radius 3 is 2.40 bits per heavy atom. The molecule has 0 aromatic rings. The lowest BCUT2D eigenvalue weighted by Crippen LogP contribution is -2.36. The molecule has 0 aliphatic rings. The summed E-state index contributed by atoms with van der Waals surface area (Å²) in [5, 5.41) is 2.50. The summed E-state index contributed by atoms with van der Waals surface area (Å²) in [4.78, 5) is 12.6. The standard InChI is InChI=1S/C7H14N2O/c1-4-8-7(10)9(5-2)6-3/h4H,1,5-6H2,2-3H3,(H,8,10). The van der Waals surface area contributed by atoms with E-state index in [1.165, 1.54) is 6.20 Å². The number of amides is 2. The fourth-order valence-corrected chi connectivity index (χ4v) is 0.689. The van der Waals surface area contributed by atoms with E-state index < -0.39 is 0 Å². The molecule has 2 amide bonds. The normalized spacial score (nSPS) is 8.60. The van der Waals surface area contributed by atoms with Crippen LogP contribution in [0.4, 0.5) is 4.79 Å². The topological polar surface area (TPSA) is 32.3 Å². The maximum Gasteiger partial charge on any atom is 0.321 e. The van der Waals surface area contributed by atoms with Crippen LogP contribution in [0.5, 0.6) is 0 Å². The number of rotatable bonds is 3. The molecule has 0 aliphatic heterocycles. The highest BCUT2D eigenvalue weighted by molar-refractivity contribution is 5.74. The Bertz CT molecular complexity index is 119. The number of carbonyl (C=O) groups excluding carboxylic acids is 1. The summed E-state index contributed by atoms with van der Waals surface area (Å²) in [5.74, 6) is 0. The zero-order valence-corrected chi connectivity index (χ0v) is 6.55. The molecule has 0 unspecified atom stereocenters. The van der Waals surface area contributed by atoms with E-state index in [1.54, 1.807) is 4.90 Å². The largest absolute Gasteiger partial charge is 0.325 e. The molecule has 3 nitrogen and oxygen atoms in total. The molecule has 0 saturated heterocycles. The highest BCUT2D eigenvalue weighted by Gasteiger charge is 2.04. The molecule has 0 fully saturated rings. The van der Waals surface area contributed by atoms with Crippen molar-refractivity contribution in [2.45, 2.75) is 13.8 Å². The van der Waals surface area contributed by atoms with Crippen LogP contribution in [0.1, 0.15) is 13.8 Å². The van der Waals surface area contributed by atoms with E-state index in [9.17, 15) is 4.79 Å². The molecule has 0 atom stereocenters. The predicted octanol–water partition coefficient (Wildman–Crippen LogP) is 1.18. The maximum atomic E-state index is 10.9. The molecule has 1 N–H and O–H groups in total. The Kier molecular flexibility index (Phi) is 4.37. The van der Waals surface area contributed by atoms with Crippen LogP contribution in [0.25, 0.3) is 0 Å². The van der Waals surface area contributed by atoms with Crippen molar-refractivity contribution in [3.63, 3.8) is 0 Å². The molecule has 3 heteroatoms. The fourth-order valence-electron chi connectivity index (χ4n) is 0.689. The van der Waals surface area contributed by atoms with Gasteiger partial charge in [0.1, 0.15) is 0 Å². The monoisotopic (exact) mass is 142 g/mol. The van der Waals surface area contributed by atoms with Gasteiger partial charge in [0.15, 0.2) is 0 Å². The molecule has 0 bridgehead atoms. The number of urea groups is 1. The van der Waals surface area contributed by atoms with Gasteiger partial charge in [-0.15, -0.1) is 0 Å². The van der Waals surface area contributed by atoms with Crippen LogP contribution < -0.4 is 5.32 Å². The van der Waals surface area contributed by atoms with Crippen LogP contribution in [0, 0.1) is 0 Å². The summed E-state index contributed by atoms with van der Waals surface area (Å²) in [6, 6.07) is -0.0833. The average molecular weight is 142 g/mol. The summed E-state index contributed by atoms with van der Waals surface area (Å²) in [6.45, 7) is 8.73. The highest BCUT2D eigenvalue weighted by Crippen LogP contribution is 1.86. The van der Waals surface area contributed by atoms with Crippen molar-refractivity contribution < 1.29 is 4.79 Å². The molecule has 0 heterocycles. The van der Waals surface area contributed by atoms with E-state index in [0.717, 1.165) is 13.1 Å². The third kappa shape index (κ3) is 2.53. The molecule has 10 heavy (non-hydrogen) atoms. The molecule has 0 rings (SSSR count). The minimum atomic E-state index is -0.0833. The Hall–Kier alpha value is -0.990. The number of nitrogens with one attached hydrogen (secondary N) is 1. The minimum Gasteiger partial charge on any atom is -0.325 e. The van der Waals surface area contributed by atoms with Gasteiger partial charge in [0.2, 0.25) is 0 Å². The van der Waals surface area contributed by atoms with Crippen molar-refractivity contribution in [2.24, 2.45) is 0 Å². The molecule has 0 saturated carbocycles. The maximum absolute atomic E-state index is 10.9. The van der Waals surface area contributed by atoms with E-state index in [0.29, 0.717) is 0 Å². The number of carbonyl (C=O) groups is 1. The summed E-state index contributed by atoms with van der Waals surface area (Å²) >= 11 is 0. The minimum absolute atomic E-state index is 0.0833. The van der Waals surface area contributed by atoms with Gasteiger partial charge < -0.3 is 10.2 Å². The second-order valence-electron chi connectivity index (χ2n) is 1.83. The molecular formula is C7H14N2O. The van der Waals surface area contributed by atoms with Crippen molar-refractivity contribution in [2.75, 3.05) is 13.1 Å². The molecular weight excluding hydrogens is 128 g/mol. The number of nitrogens with zero attached hydrogens (tertiary/aromatic N) is 1. The summed E-state index contributed by atoms with van der Waals surface area (Å²) in [5.41, 5.74) is 0. The smallest absolute Gasteiger partial charge is 0.321 e. The van der Waals surface area contributed by atoms with Crippen molar-refractivity contribution >= 4 is 6.03 Å². The first-order chi connectivity index (χ1) is 4.76. The van der Waals surface area contributed by atoms with E-state index in [1.807, 2.05) is 13.8 Å². The van der Waals surface area contributed by atoms with Gasteiger partial charge in [-0.2, -0.15) is 0 Å². The second kappa shape index (κ2) is 4.85. The third-order valence-corrected chi connectivity index (χ3v) is 1.28. The van der Waals surface area contributed by atoms with E-state index in [2.05, 4.69) is 11.9 Å². The number of hydrogen-bond donors (Lipinski definition) is 1. The van der Waals surface area contributed by atoms with Gasteiger partial charge in [0, 0.05) is 13.1 Å². The summed E-state index contributed by atoms with van der Waals surface area (Å²) in [6.07, 6.45) is 1.39. The van der Waals surface area contributed by atoms with Crippen molar-refractivity contribution in [1.82, 2.24) is 10.2 Å². The Labute approximate surface area is 61.7 Å². The van der Waals surface area contributed by atoms with Crippen molar-refractivity contribution in [3.05, 3.63) is 12.8 Å². The lowest BCUT2D eigenvalue weighted by Gasteiger charge is -2.17. The van der Waals surface area contributed by atoms with Gasteiger partial charge in [-0.25, -0.2) is 4.79 Å². The van der Waals surface area contributed by atoms with Crippen LogP contribution in [-0.2, 0) is 0 Å². The zero-order chi connectivity index (χ0) is 7.98. The quantitative estimate of drug-likeness (QED) is 0.630. The first kappa shape index (κ1) is 9.01. The summed E-state index contributed by atoms with van der Waals surface area (Å²) < 4.78 is 0. The van der Waals surface area contributed by atoms with Gasteiger partial charge in [-0.1, -0.05) is 6.58 Å². The lowest BCUT2D eigenvalue weighted by molar-refractivity contribution is 0.207. The van der Waals surface area contributed by atoms with Gasteiger partial charge in [0.25, 0.3) is 0 Å².